The van der Waals surface area contributed by atoms with Crippen LogP contribution in [0.15, 0.2) is 6.08 Å². The van der Waals surface area contributed by atoms with Crippen molar-refractivity contribution in [3.8, 4) is 0 Å². The molecule has 0 aromatic carbocycles. The van der Waals surface area contributed by atoms with Crippen molar-refractivity contribution in [1.82, 2.24) is 0 Å². The Labute approximate surface area is 64.9 Å². The molecule has 0 aromatic rings. The summed E-state index contributed by atoms with van der Waals surface area (Å²) in [5.41, 5.74) is 0. The van der Waals surface area contributed by atoms with Crippen LogP contribution in [0, 0.1) is 13.0 Å². The molecule has 0 aliphatic heterocycles. The molecule has 0 aromatic heterocycles. The molecule has 0 amide bonds. The number of hydrogen-bond donors (Lipinski definition) is 0. The largest absolute Gasteiger partial charge is 0.506 e. The van der Waals surface area contributed by atoms with Gasteiger partial charge in [-0.05, 0) is 0 Å². The van der Waals surface area contributed by atoms with E-state index in [1.165, 1.54) is 0 Å². The predicted molar refractivity (Wildman–Crippen MR) is 23.5 cm³/mol. The second-order valence-corrected chi connectivity index (χ2v) is 0.781. The van der Waals surface area contributed by atoms with E-state index in [1.807, 2.05) is 13.0 Å². The molecule has 0 rings (SSSR count). The molecule has 0 unspecified atom stereocenters. The summed E-state index contributed by atoms with van der Waals surface area (Å²) in [4.78, 5) is 0. The molecule has 0 aliphatic rings. The van der Waals surface area contributed by atoms with Crippen molar-refractivity contribution in [3.05, 3.63) is 19.1 Å². The molecule has 0 saturated carbocycles. The fourth-order valence-corrected chi connectivity index (χ4v) is 0.144. The third-order valence-electron chi connectivity index (χ3n) is 0.348. The second kappa shape index (κ2) is 9.28. The zero-order valence-corrected chi connectivity index (χ0v) is 6.91. The van der Waals surface area contributed by atoms with Crippen molar-refractivity contribution in [2.24, 2.45) is 0 Å². The van der Waals surface area contributed by atoms with Crippen molar-refractivity contribution in [1.29, 1.82) is 0 Å². The van der Waals surface area contributed by atoms with Crippen molar-refractivity contribution < 1.29 is 32.7 Å². The van der Waals surface area contributed by atoms with Crippen LogP contribution in [-0.2, 0) is 32.7 Å². The first-order valence-corrected chi connectivity index (χ1v) is 1.70. The van der Waals surface area contributed by atoms with Crippen molar-refractivity contribution in [2.45, 2.75) is 13.3 Å². The van der Waals surface area contributed by atoms with E-state index in [0.29, 0.717) is 0 Å². The van der Waals surface area contributed by atoms with Gasteiger partial charge in [0, 0.05) is 32.7 Å². The van der Waals surface area contributed by atoms with Gasteiger partial charge in [0.1, 0.15) is 0 Å². The Morgan fingerprint density at radius 3 is 2.33 bits per heavy atom. The van der Waals surface area contributed by atoms with E-state index >= 15 is 0 Å². The molecule has 0 heterocycles. The minimum atomic E-state index is 0. The van der Waals surface area contributed by atoms with Crippen LogP contribution in [0.25, 0.3) is 0 Å². The van der Waals surface area contributed by atoms with Crippen LogP contribution in [0.3, 0.4) is 0 Å². The monoisotopic (exact) mass is 157 g/mol. The molecule has 0 fully saturated rings. The molecule has 1 heteroatoms. The maximum atomic E-state index is 3.56. The first kappa shape index (κ1) is 9.96. The summed E-state index contributed by atoms with van der Waals surface area (Å²) in [6.45, 7) is 5.42. The minimum absolute atomic E-state index is 0. The zero-order chi connectivity index (χ0) is 4.12. The maximum Gasteiger partial charge on any atom is 0 e. The smallest absolute Gasteiger partial charge is 0 e. The molecule has 0 spiro atoms. The average molecular weight is 157 g/mol. The SMILES string of the molecule is [CH2-]CC=[C-]C.[Y]. The normalized spacial score (nSPS) is 8.33. The molecule has 0 bridgehead atoms. The third-order valence-corrected chi connectivity index (χ3v) is 0.348. The van der Waals surface area contributed by atoms with E-state index in [-0.39, 0.29) is 32.7 Å². The van der Waals surface area contributed by atoms with Gasteiger partial charge in [-0.3, -0.25) is 0 Å². The maximum absolute atomic E-state index is 3.56. The Hall–Kier alpha value is 0.844. The quantitative estimate of drug-likeness (QED) is 0.507. The topological polar surface area (TPSA) is 0 Å². The van der Waals surface area contributed by atoms with Crippen LogP contribution in [0.4, 0.5) is 0 Å². The predicted octanol–water partition coefficient (Wildman–Crippen LogP) is 1.59. The molecule has 0 nitrogen and oxygen atoms in total. The van der Waals surface area contributed by atoms with Crippen LogP contribution >= 0.6 is 0 Å². The van der Waals surface area contributed by atoms with Crippen LogP contribution in [0.1, 0.15) is 13.3 Å². The van der Waals surface area contributed by atoms with Gasteiger partial charge in [-0.2, -0.15) is 13.3 Å². The molecule has 1 radical (unpaired) electrons. The van der Waals surface area contributed by atoms with E-state index < -0.39 is 0 Å². The Kier molecular flexibility index (Phi) is 15.4. The van der Waals surface area contributed by atoms with Gasteiger partial charge in [0.05, 0.1) is 0 Å². The summed E-state index contributed by atoms with van der Waals surface area (Å²) >= 11 is 0. The van der Waals surface area contributed by atoms with Gasteiger partial charge in [0.15, 0.2) is 0 Å². The fraction of sp³-hybridized carbons (Fsp3) is 0.400. The Morgan fingerprint density at radius 1 is 1.83 bits per heavy atom. The molecule has 0 saturated heterocycles. The number of rotatable bonds is 1. The van der Waals surface area contributed by atoms with Crippen LogP contribution < -0.4 is 0 Å². The van der Waals surface area contributed by atoms with E-state index in [1.54, 1.807) is 0 Å². The summed E-state index contributed by atoms with van der Waals surface area (Å²) in [6, 6.07) is 0. The Balaban J connectivity index is 0. The molecule has 0 atom stereocenters. The van der Waals surface area contributed by atoms with E-state index in [9.17, 15) is 0 Å². The first-order valence-electron chi connectivity index (χ1n) is 1.70. The van der Waals surface area contributed by atoms with Gasteiger partial charge in [0.25, 0.3) is 0 Å². The van der Waals surface area contributed by atoms with Crippen molar-refractivity contribution >= 4 is 0 Å². The van der Waals surface area contributed by atoms with Crippen LogP contribution in [0.5, 0.6) is 0 Å². The van der Waals surface area contributed by atoms with Gasteiger partial charge in [-0.1, -0.05) is 0 Å². The minimum Gasteiger partial charge on any atom is -0.506 e. The van der Waals surface area contributed by atoms with Gasteiger partial charge < -0.3 is 19.1 Å². The fourth-order valence-electron chi connectivity index (χ4n) is 0.144. The molecular formula is C5H8Y-2. The summed E-state index contributed by atoms with van der Waals surface area (Å²) in [6.07, 6.45) is 5.58. The second-order valence-electron chi connectivity index (χ2n) is 0.781. The third kappa shape index (κ3) is 8.85. The zero-order valence-electron chi connectivity index (χ0n) is 4.07. The van der Waals surface area contributed by atoms with Gasteiger partial charge in [0.2, 0.25) is 0 Å². The van der Waals surface area contributed by atoms with E-state index in [2.05, 4.69) is 13.0 Å². The van der Waals surface area contributed by atoms with Crippen LogP contribution in [0.2, 0.25) is 0 Å². The summed E-state index contributed by atoms with van der Waals surface area (Å²) < 4.78 is 0. The van der Waals surface area contributed by atoms with Crippen molar-refractivity contribution in [2.75, 3.05) is 0 Å². The Bertz CT molecular complexity index is 30.9. The average Bonchev–Trinajstić information content (AvgIpc) is 1.41. The van der Waals surface area contributed by atoms with Gasteiger partial charge in [-0.25, -0.2) is 0 Å². The Morgan fingerprint density at radius 2 is 2.33 bits per heavy atom. The van der Waals surface area contributed by atoms with Crippen molar-refractivity contribution in [3.63, 3.8) is 0 Å². The molecule has 6 heavy (non-hydrogen) atoms. The van der Waals surface area contributed by atoms with Crippen LogP contribution in [-0.4, -0.2) is 0 Å². The van der Waals surface area contributed by atoms with E-state index in [0.717, 1.165) is 6.42 Å². The number of allylic oxidation sites excluding steroid dienone is 2. The molecule has 0 aliphatic carbocycles. The molecule has 0 N–H and O–H groups in total. The van der Waals surface area contributed by atoms with Gasteiger partial charge >= 0.3 is 0 Å². The summed E-state index contributed by atoms with van der Waals surface area (Å²) in [7, 11) is 0. The summed E-state index contributed by atoms with van der Waals surface area (Å²) in [5.74, 6) is 0. The standard InChI is InChI=1S/C5H8.Y/c1-3-5-4-2;/h5H,1,3H2,2H3;/q-2;. The van der Waals surface area contributed by atoms with E-state index in [4.69, 9.17) is 0 Å². The summed E-state index contributed by atoms with van der Waals surface area (Å²) in [5, 5.41) is 0. The molecule has 33 valence electrons. The van der Waals surface area contributed by atoms with Gasteiger partial charge in [-0.15, -0.1) is 0 Å². The molecular weight excluding hydrogens is 149 g/mol. The number of hydrogen-bond acceptors (Lipinski definition) is 0. The first-order chi connectivity index (χ1) is 2.41.